The van der Waals surface area contributed by atoms with Crippen molar-refractivity contribution in [3.63, 3.8) is 0 Å². The molecule has 2 heterocycles. The molecule has 2 rings (SSSR count). The standard InChI is InChI=1S/C7H6N4O/c1-5-2-6(3-12)11-7(10-5)8-4-9-11/h2-4H,1H3. The van der Waals surface area contributed by atoms with Crippen molar-refractivity contribution < 1.29 is 4.79 Å². The normalized spacial score (nSPS) is 10.4. The van der Waals surface area contributed by atoms with Crippen LogP contribution in [-0.4, -0.2) is 25.9 Å². The molecule has 0 spiro atoms. The van der Waals surface area contributed by atoms with Crippen LogP contribution in [-0.2, 0) is 0 Å². The highest BCUT2D eigenvalue weighted by molar-refractivity contribution is 5.73. The van der Waals surface area contributed by atoms with Crippen molar-refractivity contribution in [3.05, 3.63) is 23.8 Å². The van der Waals surface area contributed by atoms with Gasteiger partial charge in [-0.15, -0.1) is 0 Å². The van der Waals surface area contributed by atoms with Gasteiger partial charge in [0, 0.05) is 5.69 Å². The number of nitrogens with zero attached hydrogens (tertiary/aromatic N) is 4. The second kappa shape index (κ2) is 2.37. The molecule has 0 aromatic carbocycles. The molecule has 0 bridgehead atoms. The Morgan fingerprint density at radius 1 is 1.58 bits per heavy atom. The van der Waals surface area contributed by atoms with E-state index < -0.39 is 0 Å². The molecule has 0 aliphatic rings. The van der Waals surface area contributed by atoms with Gasteiger partial charge in [0.05, 0.1) is 0 Å². The van der Waals surface area contributed by atoms with Crippen LogP contribution in [0.2, 0.25) is 0 Å². The fourth-order valence-electron chi connectivity index (χ4n) is 1.04. The van der Waals surface area contributed by atoms with Crippen LogP contribution >= 0.6 is 0 Å². The lowest BCUT2D eigenvalue weighted by Gasteiger charge is -1.96. The number of aromatic nitrogens is 4. The lowest BCUT2D eigenvalue weighted by Crippen LogP contribution is -2.00. The summed E-state index contributed by atoms with van der Waals surface area (Å²) in [6, 6.07) is 1.66. The van der Waals surface area contributed by atoms with Crippen LogP contribution < -0.4 is 0 Å². The second-order valence-electron chi connectivity index (χ2n) is 2.41. The number of hydrogen-bond donors (Lipinski definition) is 0. The molecule has 0 saturated carbocycles. The number of aldehydes is 1. The number of aryl methyl sites for hydroxylation is 1. The second-order valence-corrected chi connectivity index (χ2v) is 2.41. The molecule has 2 aromatic rings. The minimum atomic E-state index is 0.456. The molecule has 0 saturated heterocycles. The predicted octanol–water partition coefficient (Wildman–Crippen LogP) is 0.245. The van der Waals surface area contributed by atoms with E-state index in [4.69, 9.17) is 0 Å². The van der Waals surface area contributed by atoms with Crippen LogP contribution in [0.25, 0.3) is 5.78 Å². The van der Waals surface area contributed by atoms with Gasteiger partial charge in [-0.25, -0.2) is 4.98 Å². The van der Waals surface area contributed by atoms with E-state index >= 15 is 0 Å². The number of carbonyl (C=O) groups is 1. The van der Waals surface area contributed by atoms with Crippen LogP contribution in [0.1, 0.15) is 16.2 Å². The average molecular weight is 162 g/mol. The highest BCUT2D eigenvalue weighted by Gasteiger charge is 2.02. The molecule has 0 N–H and O–H groups in total. The van der Waals surface area contributed by atoms with Gasteiger partial charge < -0.3 is 0 Å². The molecule has 0 aliphatic carbocycles. The van der Waals surface area contributed by atoms with Crippen molar-refractivity contribution in [2.45, 2.75) is 6.92 Å². The van der Waals surface area contributed by atoms with Crippen LogP contribution in [0.3, 0.4) is 0 Å². The molecular weight excluding hydrogens is 156 g/mol. The zero-order valence-corrected chi connectivity index (χ0v) is 6.43. The number of carbonyl (C=O) groups excluding carboxylic acids is 1. The average Bonchev–Trinajstić information content (AvgIpc) is 2.50. The summed E-state index contributed by atoms with van der Waals surface area (Å²) in [4.78, 5) is 18.5. The summed E-state index contributed by atoms with van der Waals surface area (Å²) in [7, 11) is 0. The monoisotopic (exact) mass is 162 g/mol. The SMILES string of the molecule is Cc1cc(C=O)n2ncnc2n1. The van der Waals surface area contributed by atoms with Crippen LogP contribution in [0, 0.1) is 6.92 Å². The minimum Gasteiger partial charge on any atom is -0.296 e. The molecule has 5 heteroatoms. The van der Waals surface area contributed by atoms with E-state index in [0.29, 0.717) is 11.5 Å². The Balaban J connectivity index is 2.88. The Morgan fingerprint density at radius 3 is 3.17 bits per heavy atom. The summed E-state index contributed by atoms with van der Waals surface area (Å²) in [5.74, 6) is 0.456. The molecule has 0 fully saturated rings. The number of rotatable bonds is 1. The van der Waals surface area contributed by atoms with E-state index in [1.807, 2.05) is 6.92 Å². The Morgan fingerprint density at radius 2 is 2.42 bits per heavy atom. The molecule has 60 valence electrons. The Hall–Kier alpha value is -1.78. The summed E-state index contributed by atoms with van der Waals surface area (Å²) in [6.45, 7) is 1.81. The van der Waals surface area contributed by atoms with Crippen molar-refractivity contribution in [3.8, 4) is 0 Å². The molecule has 0 unspecified atom stereocenters. The maximum atomic E-state index is 10.6. The third-order valence-corrected chi connectivity index (χ3v) is 1.53. The Labute approximate surface area is 68.1 Å². The molecule has 0 amide bonds. The number of fused-ring (bicyclic) bond motifs is 1. The highest BCUT2D eigenvalue weighted by atomic mass is 16.1. The van der Waals surface area contributed by atoms with Crippen molar-refractivity contribution in [2.24, 2.45) is 0 Å². The quantitative estimate of drug-likeness (QED) is 0.564. The first kappa shape index (κ1) is 6.90. The first-order valence-corrected chi connectivity index (χ1v) is 3.44. The van der Waals surface area contributed by atoms with Crippen LogP contribution in [0.15, 0.2) is 12.4 Å². The first-order chi connectivity index (χ1) is 5.81. The Bertz CT molecular complexity index is 434. The van der Waals surface area contributed by atoms with E-state index in [1.165, 1.54) is 10.8 Å². The van der Waals surface area contributed by atoms with Gasteiger partial charge in [0.15, 0.2) is 6.29 Å². The fourth-order valence-corrected chi connectivity index (χ4v) is 1.04. The lowest BCUT2D eigenvalue weighted by molar-refractivity contribution is 0.111. The largest absolute Gasteiger partial charge is 0.296 e. The van der Waals surface area contributed by atoms with Gasteiger partial charge in [0.1, 0.15) is 12.0 Å². The summed E-state index contributed by atoms with van der Waals surface area (Å²) in [5, 5.41) is 3.84. The molecule has 2 aromatic heterocycles. The summed E-state index contributed by atoms with van der Waals surface area (Å²) in [6.07, 6.45) is 2.10. The molecule has 0 radical (unpaired) electrons. The van der Waals surface area contributed by atoms with Gasteiger partial charge in [-0.3, -0.25) is 4.79 Å². The van der Waals surface area contributed by atoms with E-state index in [0.717, 1.165) is 12.0 Å². The summed E-state index contributed by atoms with van der Waals surface area (Å²) >= 11 is 0. The maximum Gasteiger partial charge on any atom is 0.253 e. The topological polar surface area (TPSA) is 60.2 Å². The van der Waals surface area contributed by atoms with E-state index in [9.17, 15) is 4.79 Å². The third-order valence-electron chi connectivity index (χ3n) is 1.53. The molecule has 12 heavy (non-hydrogen) atoms. The Kier molecular flexibility index (Phi) is 1.36. The zero-order valence-electron chi connectivity index (χ0n) is 6.43. The molecular formula is C7H6N4O. The van der Waals surface area contributed by atoms with Crippen molar-refractivity contribution >= 4 is 12.1 Å². The third kappa shape index (κ3) is 0.868. The molecule has 0 aliphatic heterocycles. The van der Waals surface area contributed by atoms with E-state index in [-0.39, 0.29) is 0 Å². The highest BCUT2D eigenvalue weighted by Crippen LogP contribution is 2.01. The summed E-state index contributed by atoms with van der Waals surface area (Å²) < 4.78 is 1.40. The predicted molar refractivity (Wildman–Crippen MR) is 40.9 cm³/mol. The van der Waals surface area contributed by atoms with Gasteiger partial charge in [0.25, 0.3) is 5.78 Å². The van der Waals surface area contributed by atoms with Gasteiger partial charge in [-0.2, -0.15) is 14.6 Å². The van der Waals surface area contributed by atoms with Crippen LogP contribution in [0.4, 0.5) is 0 Å². The minimum absolute atomic E-state index is 0.456. The number of hydrogen-bond acceptors (Lipinski definition) is 4. The zero-order chi connectivity index (χ0) is 8.55. The first-order valence-electron chi connectivity index (χ1n) is 3.44. The van der Waals surface area contributed by atoms with E-state index in [2.05, 4.69) is 15.1 Å². The molecule has 5 nitrogen and oxygen atoms in total. The van der Waals surface area contributed by atoms with Gasteiger partial charge in [-0.1, -0.05) is 0 Å². The van der Waals surface area contributed by atoms with Gasteiger partial charge in [0.2, 0.25) is 0 Å². The van der Waals surface area contributed by atoms with Gasteiger partial charge >= 0.3 is 0 Å². The van der Waals surface area contributed by atoms with Crippen molar-refractivity contribution in [2.75, 3.05) is 0 Å². The van der Waals surface area contributed by atoms with Crippen LogP contribution in [0.5, 0.6) is 0 Å². The van der Waals surface area contributed by atoms with E-state index in [1.54, 1.807) is 6.07 Å². The van der Waals surface area contributed by atoms with Crippen molar-refractivity contribution in [1.29, 1.82) is 0 Å². The van der Waals surface area contributed by atoms with Crippen molar-refractivity contribution in [1.82, 2.24) is 19.6 Å². The molecule has 0 atom stereocenters. The maximum absolute atomic E-state index is 10.6. The lowest BCUT2D eigenvalue weighted by atomic mass is 10.3. The smallest absolute Gasteiger partial charge is 0.253 e. The van der Waals surface area contributed by atoms with Gasteiger partial charge in [-0.05, 0) is 13.0 Å². The summed E-state index contributed by atoms with van der Waals surface area (Å²) in [5.41, 5.74) is 1.23. The fraction of sp³-hybridized carbons (Fsp3) is 0.143.